The highest BCUT2D eigenvalue weighted by atomic mass is 16.3. The van der Waals surface area contributed by atoms with Crippen molar-refractivity contribution < 1.29 is 14.7 Å². The molecule has 0 aliphatic carbocycles. The molecule has 9 heteroatoms. The second-order valence-corrected chi connectivity index (χ2v) is 6.75. The quantitative estimate of drug-likeness (QED) is 0.620. The Balaban J connectivity index is 1.73. The lowest BCUT2D eigenvalue weighted by atomic mass is 10.0. The van der Waals surface area contributed by atoms with E-state index in [1.54, 1.807) is 35.2 Å². The van der Waals surface area contributed by atoms with Gasteiger partial charge < -0.3 is 20.6 Å². The van der Waals surface area contributed by atoms with Crippen LogP contribution < -0.4 is 5.73 Å². The highest BCUT2D eigenvalue weighted by molar-refractivity contribution is 6.07. The number of urea groups is 1. The first-order chi connectivity index (χ1) is 13.4. The number of aryl methyl sites for hydroxylation is 1. The van der Waals surface area contributed by atoms with Crippen LogP contribution in [0.5, 0.6) is 5.75 Å². The predicted molar refractivity (Wildman–Crippen MR) is 103 cm³/mol. The van der Waals surface area contributed by atoms with Crippen molar-refractivity contribution in [3.63, 3.8) is 0 Å². The summed E-state index contributed by atoms with van der Waals surface area (Å²) in [5.74, 6) is 0.0203. The molecule has 3 aromatic rings. The molecule has 0 radical (unpaired) electrons. The fourth-order valence-corrected chi connectivity index (χ4v) is 3.43. The number of aromatic amines is 1. The van der Waals surface area contributed by atoms with Crippen LogP contribution in [0.2, 0.25) is 0 Å². The van der Waals surface area contributed by atoms with Crippen LogP contribution in [0.4, 0.5) is 4.79 Å². The third kappa shape index (κ3) is 3.11. The number of rotatable bonds is 2. The Morgan fingerprint density at radius 3 is 2.39 bits per heavy atom. The number of amides is 3. The van der Waals surface area contributed by atoms with Crippen LogP contribution in [0.1, 0.15) is 16.1 Å². The molecule has 3 heterocycles. The Hall–Kier alpha value is -3.62. The zero-order valence-corrected chi connectivity index (χ0v) is 15.3. The van der Waals surface area contributed by atoms with E-state index in [0.717, 1.165) is 5.56 Å². The number of aromatic nitrogens is 3. The SMILES string of the molecule is Cc1n[nH]c2nc(-c3ccc(O)cc3)cc(C(=O)N3CCN(C(N)=O)CC3)c12. The number of phenols is 1. The highest BCUT2D eigenvalue weighted by Gasteiger charge is 2.26. The van der Waals surface area contributed by atoms with E-state index in [1.807, 2.05) is 6.92 Å². The third-order valence-corrected chi connectivity index (χ3v) is 4.98. The topological polar surface area (TPSA) is 128 Å². The number of primary amides is 1. The van der Waals surface area contributed by atoms with Gasteiger partial charge in [0.2, 0.25) is 0 Å². The van der Waals surface area contributed by atoms with Crippen LogP contribution in [0, 0.1) is 6.92 Å². The standard InChI is InChI=1S/C19H20N6O3/c1-11-16-14(18(27)24-6-8-25(9-7-24)19(20)28)10-15(21-17(16)23-22-11)12-2-4-13(26)5-3-12/h2-5,10,26H,6-9H2,1H3,(H2,20,28)(H,21,22,23). The zero-order valence-electron chi connectivity index (χ0n) is 15.3. The number of phenolic OH excluding ortho intramolecular Hbond substituents is 1. The molecule has 4 rings (SSSR count). The molecule has 1 saturated heterocycles. The number of carbonyl (C=O) groups is 2. The van der Waals surface area contributed by atoms with E-state index < -0.39 is 6.03 Å². The average Bonchev–Trinajstić information content (AvgIpc) is 3.08. The number of nitrogens with zero attached hydrogens (tertiary/aromatic N) is 4. The van der Waals surface area contributed by atoms with Gasteiger partial charge >= 0.3 is 6.03 Å². The molecule has 4 N–H and O–H groups in total. The predicted octanol–water partition coefficient (Wildman–Crippen LogP) is 1.48. The van der Waals surface area contributed by atoms with Gasteiger partial charge in [-0.05, 0) is 37.3 Å². The average molecular weight is 380 g/mol. The first-order valence-corrected chi connectivity index (χ1v) is 8.93. The van der Waals surface area contributed by atoms with E-state index in [0.29, 0.717) is 54.2 Å². The van der Waals surface area contributed by atoms with E-state index in [9.17, 15) is 14.7 Å². The molecule has 0 saturated carbocycles. The molecule has 28 heavy (non-hydrogen) atoms. The first kappa shape index (κ1) is 17.8. The van der Waals surface area contributed by atoms with Crippen LogP contribution in [-0.4, -0.2) is 68.2 Å². The second kappa shape index (κ2) is 6.84. The van der Waals surface area contributed by atoms with Crippen molar-refractivity contribution in [2.45, 2.75) is 6.92 Å². The van der Waals surface area contributed by atoms with E-state index in [4.69, 9.17) is 5.73 Å². The third-order valence-electron chi connectivity index (χ3n) is 4.98. The lowest BCUT2D eigenvalue weighted by Gasteiger charge is -2.34. The molecule has 1 aromatic carbocycles. The van der Waals surface area contributed by atoms with Crippen molar-refractivity contribution in [1.82, 2.24) is 25.0 Å². The number of carbonyl (C=O) groups excluding carboxylic acids is 2. The number of H-pyrrole nitrogens is 1. The van der Waals surface area contributed by atoms with Crippen LogP contribution in [-0.2, 0) is 0 Å². The zero-order chi connectivity index (χ0) is 19.8. The number of hydrogen-bond acceptors (Lipinski definition) is 5. The van der Waals surface area contributed by atoms with Crippen LogP contribution >= 0.6 is 0 Å². The summed E-state index contributed by atoms with van der Waals surface area (Å²) in [6.07, 6.45) is 0. The van der Waals surface area contributed by atoms with Crippen LogP contribution in [0.3, 0.4) is 0 Å². The summed E-state index contributed by atoms with van der Waals surface area (Å²) in [6.45, 7) is 3.46. The number of hydrogen-bond donors (Lipinski definition) is 3. The molecule has 3 amide bonds. The molecule has 2 aromatic heterocycles. The minimum Gasteiger partial charge on any atom is -0.508 e. The largest absolute Gasteiger partial charge is 0.508 e. The molecule has 0 bridgehead atoms. The van der Waals surface area contributed by atoms with E-state index >= 15 is 0 Å². The van der Waals surface area contributed by atoms with Crippen molar-refractivity contribution in [2.24, 2.45) is 5.73 Å². The van der Waals surface area contributed by atoms with Crippen LogP contribution in [0.15, 0.2) is 30.3 Å². The van der Waals surface area contributed by atoms with Gasteiger partial charge in [0.15, 0.2) is 5.65 Å². The molecule has 9 nitrogen and oxygen atoms in total. The van der Waals surface area contributed by atoms with Crippen molar-refractivity contribution in [3.05, 3.63) is 41.6 Å². The summed E-state index contributed by atoms with van der Waals surface area (Å²) >= 11 is 0. The molecule has 1 fully saturated rings. The Morgan fingerprint density at radius 1 is 1.11 bits per heavy atom. The maximum atomic E-state index is 13.3. The summed E-state index contributed by atoms with van der Waals surface area (Å²) in [7, 11) is 0. The summed E-state index contributed by atoms with van der Waals surface area (Å²) in [6, 6.07) is 7.91. The molecule has 1 aliphatic heterocycles. The number of piperazine rings is 1. The highest BCUT2D eigenvalue weighted by Crippen LogP contribution is 2.28. The number of nitrogens with one attached hydrogen (secondary N) is 1. The van der Waals surface area contributed by atoms with Crippen molar-refractivity contribution >= 4 is 23.0 Å². The lowest BCUT2D eigenvalue weighted by Crippen LogP contribution is -2.52. The minimum absolute atomic E-state index is 0.138. The Bertz CT molecular complexity index is 1050. The number of benzene rings is 1. The Morgan fingerprint density at radius 2 is 1.75 bits per heavy atom. The van der Waals surface area contributed by atoms with Gasteiger partial charge in [0, 0.05) is 31.7 Å². The summed E-state index contributed by atoms with van der Waals surface area (Å²) in [4.78, 5) is 32.4. The summed E-state index contributed by atoms with van der Waals surface area (Å²) in [5.41, 5.74) is 8.43. The van der Waals surface area contributed by atoms with E-state index in [-0.39, 0.29) is 11.7 Å². The minimum atomic E-state index is -0.473. The van der Waals surface area contributed by atoms with Crippen molar-refractivity contribution in [2.75, 3.05) is 26.2 Å². The molecule has 144 valence electrons. The maximum absolute atomic E-state index is 13.3. The number of fused-ring (bicyclic) bond motifs is 1. The van der Waals surface area contributed by atoms with Gasteiger partial charge in [0.1, 0.15) is 5.75 Å². The number of nitrogens with two attached hydrogens (primary N) is 1. The van der Waals surface area contributed by atoms with Gasteiger partial charge in [-0.15, -0.1) is 0 Å². The van der Waals surface area contributed by atoms with Gasteiger partial charge in [-0.2, -0.15) is 5.10 Å². The van der Waals surface area contributed by atoms with E-state index in [2.05, 4.69) is 15.2 Å². The maximum Gasteiger partial charge on any atom is 0.314 e. The number of pyridine rings is 1. The monoisotopic (exact) mass is 380 g/mol. The molecule has 0 spiro atoms. The molecule has 1 aliphatic rings. The van der Waals surface area contributed by atoms with Crippen LogP contribution in [0.25, 0.3) is 22.3 Å². The van der Waals surface area contributed by atoms with Gasteiger partial charge in [-0.3, -0.25) is 9.89 Å². The van der Waals surface area contributed by atoms with Crippen molar-refractivity contribution in [3.8, 4) is 17.0 Å². The fraction of sp³-hybridized carbons (Fsp3) is 0.263. The van der Waals surface area contributed by atoms with Gasteiger partial charge in [0.05, 0.1) is 22.3 Å². The Labute approximate surface area is 160 Å². The molecular weight excluding hydrogens is 360 g/mol. The summed E-state index contributed by atoms with van der Waals surface area (Å²) in [5, 5.41) is 17.3. The molecule has 0 atom stereocenters. The number of aromatic hydroxyl groups is 1. The van der Waals surface area contributed by atoms with Gasteiger partial charge in [-0.1, -0.05) is 0 Å². The Kier molecular flexibility index (Phi) is 4.34. The second-order valence-electron chi connectivity index (χ2n) is 6.75. The summed E-state index contributed by atoms with van der Waals surface area (Å²) < 4.78 is 0. The van der Waals surface area contributed by atoms with Crippen molar-refractivity contribution in [1.29, 1.82) is 0 Å². The molecule has 0 unspecified atom stereocenters. The van der Waals surface area contributed by atoms with Gasteiger partial charge in [0.25, 0.3) is 5.91 Å². The first-order valence-electron chi connectivity index (χ1n) is 8.93. The molecular formula is C19H20N6O3. The lowest BCUT2D eigenvalue weighted by molar-refractivity contribution is 0.0671. The normalized spacial score (nSPS) is 14.5. The van der Waals surface area contributed by atoms with Gasteiger partial charge in [-0.25, -0.2) is 9.78 Å². The fourth-order valence-electron chi connectivity index (χ4n) is 3.43. The van der Waals surface area contributed by atoms with E-state index in [1.165, 1.54) is 4.90 Å². The smallest absolute Gasteiger partial charge is 0.314 e.